The van der Waals surface area contributed by atoms with Gasteiger partial charge in [-0.25, -0.2) is 0 Å². The molecule has 2 atom stereocenters. The maximum atomic E-state index is 12.7. The Kier molecular flexibility index (Phi) is 4.99. The highest BCUT2D eigenvalue weighted by molar-refractivity contribution is 5.81. The van der Waals surface area contributed by atoms with Crippen LogP contribution in [0.2, 0.25) is 0 Å². The van der Waals surface area contributed by atoms with Crippen LogP contribution < -0.4 is 0 Å². The normalized spacial score (nSPS) is 19.8. The van der Waals surface area contributed by atoms with Crippen molar-refractivity contribution in [3.8, 4) is 0 Å². The summed E-state index contributed by atoms with van der Waals surface area (Å²) < 4.78 is 0. The maximum absolute atomic E-state index is 12.7. The second kappa shape index (κ2) is 6.74. The fourth-order valence-electron chi connectivity index (χ4n) is 2.87. The lowest BCUT2D eigenvalue weighted by atomic mass is 9.88. The van der Waals surface area contributed by atoms with Gasteiger partial charge in [0, 0.05) is 19.0 Å². The van der Waals surface area contributed by atoms with Crippen LogP contribution >= 0.6 is 0 Å². The number of benzene rings is 1. The zero-order chi connectivity index (χ0) is 15.4. The molecule has 1 aliphatic rings. The summed E-state index contributed by atoms with van der Waals surface area (Å²) in [5.74, 6) is -0.952. The molecule has 4 nitrogen and oxygen atoms in total. The molecule has 0 spiro atoms. The van der Waals surface area contributed by atoms with Gasteiger partial charge in [-0.15, -0.1) is 0 Å². The largest absolute Gasteiger partial charge is 0.481 e. The fourth-order valence-corrected chi connectivity index (χ4v) is 2.87. The van der Waals surface area contributed by atoms with Gasteiger partial charge in [-0.05, 0) is 24.3 Å². The molecule has 1 aromatic rings. The lowest BCUT2D eigenvalue weighted by Gasteiger charge is -2.26. The minimum atomic E-state index is -0.797. The molecule has 114 valence electrons. The van der Waals surface area contributed by atoms with Crippen molar-refractivity contribution in [1.29, 1.82) is 0 Å². The number of hydrogen-bond acceptors (Lipinski definition) is 2. The Hall–Kier alpha value is -1.84. The lowest BCUT2D eigenvalue weighted by molar-refractivity contribution is -0.141. The van der Waals surface area contributed by atoms with Crippen LogP contribution in [0, 0.1) is 17.8 Å². The highest BCUT2D eigenvalue weighted by Crippen LogP contribution is 2.24. The molecule has 1 aromatic carbocycles. The van der Waals surface area contributed by atoms with Crippen molar-refractivity contribution < 1.29 is 14.7 Å². The Morgan fingerprint density at radius 2 is 1.95 bits per heavy atom. The van der Waals surface area contributed by atoms with Crippen LogP contribution in [0.15, 0.2) is 30.3 Å². The summed E-state index contributed by atoms with van der Waals surface area (Å²) in [6, 6.07) is 9.99. The predicted molar refractivity (Wildman–Crippen MR) is 80.8 cm³/mol. The monoisotopic (exact) mass is 289 g/mol. The van der Waals surface area contributed by atoms with Crippen LogP contribution in [0.1, 0.15) is 25.8 Å². The number of nitrogens with zero attached hydrogens (tertiary/aromatic N) is 1. The number of hydrogen-bond donors (Lipinski definition) is 1. The van der Waals surface area contributed by atoms with Gasteiger partial charge >= 0.3 is 5.97 Å². The van der Waals surface area contributed by atoms with E-state index in [2.05, 4.69) is 13.8 Å². The van der Waals surface area contributed by atoms with Crippen LogP contribution in [-0.2, 0) is 16.0 Å². The van der Waals surface area contributed by atoms with Crippen LogP contribution in [-0.4, -0.2) is 35.0 Å². The van der Waals surface area contributed by atoms with E-state index in [1.807, 2.05) is 30.3 Å². The van der Waals surface area contributed by atoms with Crippen molar-refractivity contribution in [3.05, 3.63) is 35.9 Å². The second-order valence-electron chi connectivity index (χ2n) is 6.15. The minimum Gasteiger partial charge on any atom is -0.481 e. The SMILES string of the molecule is CC(C)[C@H](Cc1ccccc1)C(=O)N1CC[C@H](C(=O)O)C1. The Morgan fingerprint density at radius 1 is 1.29 bits per heavy atom. The number of carboxylic acid groups (broad SMARTS) is 1. The van der Waals surface area contributed by atoms with E-state index in [-0.39, 0.29) is 17.7 Å². The summed E-state index contributed by atoms with van der Waals surface area (Å²) in [7, 11) is 0. The molecular formula is C17H23NO3. The molecule has 0 bridgehead atoms. The molecule has 21 heavy (non-hydrogen) atoms. The molecule has 1 aliphatic heterocycles. The van der Waals surface area contributed by atoms with Crippen molar-refractivity contribution in [1.82, 2.24) is 4.90 Å². The van der Waals surface area contributed by atoms with E-state index in [0.717, 1.165) is 5.56 Å². The number of rotatable bonds is 5. The molecule has 2 rings (SSSR count). The summed E-state index contributed by atoms with van der Waals surface area (Å²) in [6.07, 6.45) is 1.28. The third kappa shape index (κ3) is 3.84. The summed E-state index contributed by atoms with van der Waals surface area (Å²) in [6.45, 7) is 5.02. The zero-order valence-corrected chi connectivity index (χ0v) is 12.7. The van der Waals surface area contributed by atoms with Crippen molar-refractivity contribution in [3.63, 3.8) is 0 Å². The molecule has 0 aromatic heterocycles. The van der Waals surface area contributed by atoms with Gasteiger partial charge in [-0.1, -0.05) is 44.2 Å². The van der Waals surface area contributed by atoms with Crippen molar-refractivity contribution in [2.24, 2.45) is 17.8 Å². The smallest absolute Gasteiger partial charge is 0.308 e. The van der Waals surface area contributed by atoms with Crippen LogP contribution in [0.3, 0.4) is 0 Å². The molecule has 1 fully saturated rings. The molecule has 0 aliphatic carbocycles. The average Bonchev–Trinajstić information content (AvgIpc) is 2.95. The van der Waals surface area contributed by atoms with Crippen molar-refractivity contribution in [2.75, 3.05) is 13.1 Å². The molecule has 1 amide bonds. The maximum Gasteiger partial charge on any atom is 0.308 e. The van der Waals surface area contributed by atoms with Crippen LogP contribution in [0.4, 0.5) is 0 Å². The van der Waals surface area contributed by atoms with Gasteiger partial charge in [0.05, 0.1) is 5.92 Å². The molecule has 1 N–H and O–H groups in total. The molecule has 1 saturated heterocycles. The van der Waals surface area contributed by atoms with Crippen LogP contribution in [0.25, 0.3) is 0 Å². The summed E-state index contributed by atoms with van der Waals surface area (Å²) in [5, 5.41) is 9.06. The van der Waals surface area contributed by atoms with Crippen molar-refractivity contribution >= 4 is 11.9 Å². The highest BCUT2D eigenvalue weighted by atomic mass is 16.4. The summed E-state index contributed by atoms with van der Waals surface area (Å²) >= 11 is 0. The van der Waals surface area contributed by atoms with Crippen LogP contribution in [0.5, 0.6) is 0 Å². The first-order valence-electron chi connectivity index (χ1n) is 7.54. The van der Waals surface area contributed by atoms with Crippen molar-refractivity contribution in [2.45, 2.75) is 26.7 Å². The predicted octanol–water partition coefficient (Wildman–Crippen LogP) is 2.43. The van der Waals surface area contributed by atoms with E-state index in [0.29, 0.717) is 25.9 Å². The molecule has 1 heterocycles. The van der Waals surface area contributed by atoms with E-state index < -0.39 is 11.9 Å². The Balaban J connectivity index is 2.05. The first-order chi connectivity index (χ1) is 9.99. The fraction of sp³-hybridized carbons (Fsp3) is 0.529. The Labute approximate surface area is 125 Å². The standard InChI is InChI=1S/C17H23NO3/c1-12(2)15(10-13-6-4-3-5-7-13)16(19)18-9-8-14(11-18)17(20)21/h3-7,12,14-15H,8-11H2,1-2H3,(H,20,21)/t14-,15-/m0/s1. The third-order valence-electron chi connectivity index (χ3n) is 4.27. The van der Waals surface area contributed by atoms with Gasteiger partial charge in [0.25, 0.3) is 0 Å². The molecule has 0 unspecified atom stereocenters. The Bertz CT molecular complexity index is 498. The zero-order valence-electron chi connectivity index (χ0n) is 12.7. The topological polar surface area (TPSA) is 57.6 Å². The number of aliphatic carboxylic acids is 1. The molecular weight excluding hydrogens is 266 g/mol. The second-order valence-corrected chi connectivity index (χ2v) is 6.15. The van der Waals surface area contributed by atoms with Gasteiger partial charge in [-0.3, -0.25) is 9.59 Å². The number of amides is 1. The van der Waals surface area contributed by atoms with E-state index in [1.165, 1.54) is 0 Å². The van der Waals surface area contributed by atoms with E-state index in [9.17, 15) is 9.59 Å². The average molecular weight is 289 g/mol. The highest BCUT2D eigenvalue weighted by Gasteiger charge is 2.34. The van der Waals surface area contributed by atoms with Gasteiger partial charge in [0.1, 0.15) is 0 Å². The number of carboxylic acids is 1. The third-order valence-corrected chi connectivity index (χ3v) is 4.27. The Morgan fingerprint density at radius 3 is 2.48 bits per heavy atom. The van der Waals surface area contributed by atoms with Gasteiger partial charge in [0.2, 0.25) is 5.91 Å². The first kappa shape index (κ1) is 15.5. The number of carbonyl (C=O) groups excluding carboxylic acids is 1. The van der Waals surface area contributed by atoms with Gasteiger partial charge in [-0.2, -0.15) is 0 Å². The van der Waals surface area contributed by atoms with E-state index in [1.54, 1.807) is 4.90 Å². The van der Waals surface area contributed by atoms with Gasteiger partial charge in [0.15, 0.2) is 0 Å². The lowest BCUT2D eigenvalue weighted by Crippen LogP contribution is -2.38. The molecule has 0 radical (unpaired) electrons. The van der Waals surface area contributed by atoms with E-state index >= 15 is 0 Å². The van der Waals surface area contributed by atoms with E-state index in [4.69, 9.17) is 5.11 Å². The number of carbonyl (C=O) groups is 2. The minimum absolute atomic E-state index is 0.0834. The first-order valence-corrected chi connectivity index (χ1v) is 7.54. The number of likely N-dealkylation sites (tertiary alicyclic amines) is 1. The molecule has 0 saturated carbocycles. The quantitative estimate of drug-likeness (QED) is 0.905. The van der Waals surface area contributed by atoms with Gasteiger partial charge < -0.3 is 10.0 Å². The summed E-state index contributed by atoms with van der Waals surface area (Å²) in [5.41, 5.74) is 1.15. The molecule has 4 heteroatoms. The summed E-state index contributed by atoms with van der Waals surface area (Å²) in [4.78, 5) is 25.4.